The van der Waals surface area contributed by atoms with Crippen molar-refractivity contribution in [2.75, 3.05) is 6.54 Å². The Hall–Kier alpha value is -2.83. The first-order valence-corrected chi connectivity index (χ1v) is 10.3. The lowest BCUT2D eigenvalue weighted by Gasteiger charge is -2.20. The molecule has 4 rings (SSSR count). The Balaban J connectivity index is 1.71. The van der Waals surface area contributed by atoms with Crippen LogP contribution in [-0.2, 0) is 18.4 Å². The number of amides is 1. The van der Waals surface area contributed by atoms with Crippen molar-refractivity contribution in [1.29, 1.82) is 0 Å². The van der Waals surface area contributed by atoms with Crippen LogP contribution >= 0.6 is 0 Å². The fraction of sp³-hybridized carbons (Fsp3) is 0.500. The summed E-state index contributed by atoms with van der Waals surface area (Å²) in [6.45, 7) is 9.99. The topological polar surface area (TPSA) is 74.0 Å². The highest BCUT2D eigenvalue weighted by atomic mass is 16.5. The fourth-order valence-corrected chi connectivity index (χ4v) is 3.94. The molecule has 1 saturated heterocycles. The molecule has 29 heavy (non-hydrogen) atoms. The molecule has 1 aliphatic rings. The van der Waals surface area contributed by atoms with Crippen LogP contribution in [0.15, 0.2) is 24.5 Å². The van der Waals surface area contributed by atoms with E-state index in [4.69, 9.17) is 4.74 Å². The normalized spacial score (nSPS) is 17.9. The first-order valence-electron chi connectivity index (χ1n) is 10.3. The van der Waals surface area contributed by atoms with Gasteiger partial charge in [0.1, 0.15) is 11.9 Å². The lowest BCUT2D eigenvalue weighted by molar-refractivity contribution is -0.119. The van der Waals surface area contributed by atoms with Gasteiger partial charge in [0.25, 0.3) is 0 Å². The van der Waals surface area contributed by atoms with Gasteiger partial charge in [-0.15, -0.1) is 0 Å². The molecule has 154 valence electrons. The third kappa shape index (κ3) is 3.86. The Labute approximate surface area is 171 Å². The van der Waals surface area contributed by atoms with Crippen molar-refractivity contribution in [2.24, 2.45) is 18.9 Å². The third-order valence-corrected chi connectivity index (χ3v) is 5.69. The molecule has 0 radical (unpaired) electrons. The molecular weight excluding hydrogens is 366 g/mol. The van der Waals surface area contributed by atoms with E-state index in [-0.39, 0.29) is 17.9 Å². The van der Waals surface area contributed by atoms with Gasteiger partial charge in [-0.25, -0.2) is 0 Å². The van der Waals surface area contributed by atoms with Gasteiger partial charge in [-0.05, 0) is 37.5 Å². The zero-order valence-electron chi connectivity index (χ0n) is 17.8. The molecule has 2 atom stereocenters. The summed E-state index contributed by atoms with van der Waals surface area (Å²) in [5, 5.41) is 13.1. The number of fused-ring (bicyclic) bond motifs is 1. The van der Waals surface area contributed by atoms with Crippen LogP contribution in [0, 0.1) is 18.8 Å². The minimum Gasteiger partial charge on any atom is -0.490 e. The van der Waals surface area contributed by atoms with Gasteiger partial charge in [0.05, 0.1) is 17.1 Å². The Kier molecular flexibility index (Phi) is 5.06. The quantitative estimate of drug-likeness (QED) is 0.695. The van der Waals surface area contributed by atoms with E-state index < -0.39 is 0 Å². The predicted octanol–water partition coefficient (Wildman–Crippen LogP) is 3.30. The van der Waals surface area contributed by atoms with Crippen LogP contribution in [0.2, 0.25) is 0 Å². The minimum atomic E-state index is -0.0735. The second-order valence-corrected chi connectivity index (χ2v) is 8.51. The Morgan fingerprint density at radius 1 is 1.28 bits per heavy atom. The van der Waals surface area contributed by atoms with Crippen molar-refractivity contribution in [3.8, 4) is 16.9 Å². The van der Waals surface area contributed by atoms with E-state index in [2.05, 4.69) is 47.7 Å². The monoisotopic (exact) mass is 395 g/mol. The molecule has 1 aromatic carbocycles. The summed E-state index contributed by atoms with van der Waals surface area (Å²) in [4.78, 5) is 11.6. The number of ether oxygens (including phenoxy) is 1. The molecule has 0 unspecified atom stereocenters. The number of benzene rings is 1. The summed E-state index contributed by atoms with van der Waals surface area (Å²) in [6, 6.07) is 4.17. The molecule has 2 aromatic heterocycles. The lowest BCUT2D eigenvalue weighted by atomic mass is 10.0. The first kappa shape index (κ1) is 19.5. The van der Waals surface area contributed by atoms with Gasteiger partial charge in [-0.2, -0.15) is 10.2 Å². The maximum Gasteiger partial charge on any atom is 0.220 e. The number of rotatable bonds is 6. The van der Waals surface area contributed by atoms with Crippen molar-refractivity contribution in [1.82, 2.24) is 24.9 Å². The average molecular weight is 396 g/mol. The van der Waals surface area contributed by atoms with E-state index in [0.717, 1.165) is 40.0 Å². The van der Waals surface area contributed by atoms with Crippen molar-refractivity contribution in [2.45, 2.75) is 46.8 Å². The number of carbonyl (C=O) groups is 1. The largest absolute Gasteiger partial charge is 0.490 e. The smallest absolute Gasteiger partial charge is 0.220 e. The van der Waals surface area contributed by atoms with Crippen LogP contribution in [0.25, 0.3) is 22.0 Å². The Morgan fingerprint density at radius 2 is 2.07 bits per heavy atom. The highest BCUT2D eigenvalue weighted by Gasteiger charge is 2.28. The van der Waals surface area contributed by atoms with Gasteiger partial charge in [0.2, 0.25) is 5.91 Å². The number of nitrogens with zero attached hydrogens (tertiary/aromatic N) is 4. The zero-order valence-corrected chi connectivity index (χ0v) is 17.8. The Bertz CT molecular complexity index is 1050. The molecule has 1 aliphatic heterocycles. The second kappa shape index (κ2) is 7.54. The lowest BCUT2D eigenvalue weighted by Crippen LogP contribution is -2.25. The second-order valence-electron chi connectivity index (χ2n) is 8.51. The van der Waals surface area contributed by atoms with Crippen LogP contribution in [0.3, 0.4) is 0 Å². The van der Waals surface area contributed by atoms with Gasteiger partial charge >= 0.3 is 0 Å². The summed E-state index contributed by atoms with van der Waals surface area (Å²) < 4.78 is 10.3. The van der Waals surface area contributed by atoms with Crippen LogP contribution in [0.5, 0.6) is 5.75 Å². The molecule has 0 spiro atoms. The number of nitrogens with one attached hydrogen (secondary N) is 1. The standard InChI is InChI=1S/C22H29N5O2/c1-13(2)11-27-12-18(10-24-27)16-6-19-22(14(3)26(5)25-19)20(7-16)29-15(4)17-8-21(28)23-9-17/h6-7,10,12-13,15,17H,8-9,11H2,1-5H3,(H,23,28)/t15-,17-/m1/s1. The maximum absolute atomic E-state index is 11.6. The number of aromatic nitrogens is 4. The van der Waals surface area contributed by atoms with E-state index in [1.165, 1.54) is 0 Å². The van der Waals surface area contributed by atoms with Crippen LogP contribution in [0.1, 0.15) is 32.9 Å². The van der Waals surface area contributed by atoms with Crippen LogP contribution in [0.4, 0.5) is 0 Å². The zero-order chi connectivity index (χ0) is 20.7. The van der Waals surface area contributed by atoms with Gasteiger partial charge in [0.15, 0.2) is 0 Å². The van der Waals surface area contributed by atoms with Gasteiger partial charge in [-0.1, -0.05) is 13.8 Å². The molecular formula is C22H29N5O2. The van der Waals surface area contributed by atoms with Crippen molar-refractivity contribution in [3.05, 3.63) is 30.2 Å². The Morgan fingerprint density at radius 3 is 2.76 bits per heavy atom. The van der Waals surface area contributed by atoms with Crippen LogP contribution in [-0.4, -0.2) is 38.1 Å². The molecule has 0 aliphatic carbocycles. The van der Waals surface area contributed by atoms with E-state index >= 15 is 0 Å². The highest BCUT2D eigenvalue weighted by Crippen LogP contribution is 2.35. The van der Waals surface area contributed by atoms with E-state index in [0.29, 0.717) is 18.9 Å². The van der Waals surface area contributed by atoms with Crippen molar-refractivity contribution < 1.29 is 9.53 Å². The molecule has 3 aromatic rings. The minimum absolute atomic E-state index is 0.0735. The van der Waals surface area contributed by atoms with Crippen molar-refractivity contribution >= 4 is 16.8 Å². The number of hydrogen-bond donors (Lipinski definition) is 1. The number of hydrogen-bond acceptors (Lipinski definition) is 4. The number of carbonyl (C=O) groups excluding carboxylic acids is 1. The third-order valence-electron chi connectivity index (χ3n) is 5.69. The number of aryl methyl sites for hydroxylation is 2. The molecule has 7 nitrogen and oxygen atoms in total. The van der Waals surface area contributed by atoms with E-state index in [1.807, 2.05) is 36.5 Å². The highest BCUT2D eigenvalue weighted by molar-refractivity contribution is 5.92. The summed E-state index contributed by atoms with van der Waals surface area (Å²) >= 11 is 0. The van der Waals surface area contributed by atoms with Gasteiger partial charge in [0, 0.05) is 49.9 Å². The first-order chi connectivity index (χ1) is 13.8. The molecule has 0 bridgehead atoms. The molecule has 1 N–H and O–H groups in total. The predicted molar refractivity (Wildman–Crippen MR) is 113 cm³/mol. The van der Waals surface area contributed by atoms with Crippen LogP contribution < -0.4 is 10.1 Å². The molecule has 1 fully saturated rings. The molecule has 1 amide bonds. The molecule has 7 heteroatoms. The fourth-order valence-electron chi connectivity index (χ4n) is 3.94. The summed E-state index contributed by atoms with van der Waals surface area (Å²) in [7, 11) is 1.95. The maximum atomic E-state index is 11.6. The summed E-state index contributed by atoms with van der Waals surface area (Å²) in [5.74, 6) is 1.61. The van der Waals surface area contributed by atoms with Gasteiger partial charge in [-0.3, -0.25) is 14.2 Å². The average Bonchev–Trinajstić information content (AvgIpc) is 3.35. The van der Waals surface area contributed by atoms with E-state index in [1.54, 1.807) is 0 Å². The van der Waals surface area contributed by atoms with Gasteiger partial charge < -0.3 is 10.1 Å². The SMILES string of the molecule is Cc1c2c(O[C@H](C)[C@H]3CNC(=O)C3)cc(-c3cnn(CC(C)C)c3)cc2nn1C. The van der Waals surface area contributed by atoms with Crippen molar-refractivity contribution in [3.63, 3.8) is 0 Å². The molecule has 0 saturated carbocycles. The van der Waals surface area contributed by atoms with E-state index in [9.17, 15) is 4.79 Å². The molecule has 3 heterocycles. The summed E-state index contributed by atoms with van der Waals surface area (Å²) in [5.41, 5.74) is 4.05. The summed E-state index contributed by atoms with van der Waals surface area (Å²) in [6.07, 6.45) is 4.41.